The average molecular weight is 412 g/mol. The summed E-state index contributed by atoms with van der Waals surface area (Å²) in [6.07, 6.45) is 4.88. The highest BCUT2D eigenvalue weighted by atomic mass is 16.8. The molecule has 2 spiro atoms. The van der Waals surface area contributed by atoms with Gasteiger partial charge in [-0.3, -0.25) is 9.69 Å². The molecule has 2 saturated carbocycles. The van der Waals surface area contributed by atoms with Gasteiger partial charge in [0.15, 0.2) is 6.10 Å². The molecule has 3 aliphatic carbocycles. The van der Waals surface area contributed by atoms with Crippen molar-refractivity contribution in [3.05, 3.63) is 28.8 Å². The molecule has 4 fully saturated rings. The zero-order valence-corrected chi connectivity index (χ0v) is 17.1. The number of primary amides is 1. The van der Waals surface area contributed by atoms with Crippen LogP contribution in [0.2, 0.25) is 0 Å². The standard InChI is InChI=1S/C23H28N2O5/c24-19(26)15-4-3-14-11-16-22(27)5-6-23(28-9-10-29-23)20-21(22,17(14)18(15)30-20)7-8-25(16)12-13-1-2-13/h3-4,13,16,20,27H,1-2,5-12H2,(H2,24,26)/t16-,20-,21+,22-/m1/s1. The number of nitrogens with two attached hydrogens (primary N) is 1. The summed E-state index contributed by atoms with van der Waals surface area (Å²) in [7, 11) is 0. The Kier molecular flexibility index (Phi) is 3.33. The number of hydrogen-bond donors (Lipinski definition) is 2. The Labute approximate surface area is 175 Å². The van der Waals surface area contributed by atoms with Gasteiger partial charge in [-0.05, 0) is 56.2 Å². The van der Waals surface area contributed by atoms with Crippen LogP contribution in [0.25, 0.3) is 0 Å². The fourth-order valence-electron chi connectivity index (χ4n) is 7.41. The molecule has 0 unspecified atom stereocenters. The molecule has 7 nitrogen and oxygen atoms in total. The molecule has 1 aromatic carbocycles. The van der Waals surface area contributed by atoms with Crippen LogP contribution in [0, 0.1) is 5.92 Å². The Morgan fingerprint density at radius 3 is 2.73 bits per heavy atom. The van der Waals surface area contributed by atoms with Crippen molar-refractivity contribution in [2.24, 2.45) is 11.7 Å². The van der Waals surface area contributed by atoms with E-state index in [1.807, 2.05) is 6.07 Å². The molecule has 2 saturated heterocycles. The molecule has 0 aromatic heterocycles. The summed E-state index contributed by atoms with van der Waals surface area (Å²) in [6, 6.07) is 3.87. The van der Waals surface area contributed by atoms with Crippen molar-refractivity contribution in [3.8, 4) is 5.75 Å². The molecule has 0 radical (unpaired) electrons. The Morgan fingerprint density at radius 1 is 1.20 bits per heavy atom. The fraction of sp³-hybridized carbons (Fsp3) is 0.696. The van der Waals surface area contributed by atoms with Gasteiger partial charge < -0.3 is 25.1 Å². The number of amides is 1. The maximum atomic E-state index is 12.4. The Morgan fingerprint density at radius 2 is 2.00 bits per heavy atom. The van der Waals surface area contributed by atoms with Crippen molar-refractivity contribution < 1.29 is 24.1 Å². The lowest BCUT2D eigenvalue weighted by Crippen LogP contribution is -2.79. The minimum atomic E-state index is -0.931. The van der Waals surface area contributed by atoms with Crippen molar-refractivity contribution in [2.75, 3.05) is 26.3 Å². The van der Waals surface area contributed by atoms with Crippen LogP contribution >= 0.6 is 0 Å². The van der Waals surface area contributed by atoms with Crippen molar-refractivity contribution in [1.82, 2.24) is 4.90 Å². The predicted molar refractivity (Wildman–Crippen MR) is 106 cm³/mol. The SMILES string of the molecule is NC(=O)c1ccc2c3c1O[C@H]1C4(CC[C@@]5(O)[C@@H](C2)N(CC2CC2)CC[C@]315)OCCO4. The van der Waals surface area contributed by atoms with E-state index in [1.54, 1.807) is 6.07 Å². The molecule has 7 heteroatoms. The third-order valence-electron chi connectivity index (χ3n) is 8.83. The van der Waals surface area contributed by atoms with Gasteiger partial charge in [0.05, 0.1) is 29.8 Å². The van der Waals surface area contributed by atoms with Gasteiger partial charge in [0.2, 0.25) is 5.79 Å². The van der Waals surface area contributed by atoms with Crippen LogP contribution in [-0.2, 0) is 21.3 Å². The van der Waals surface area contributed by atoms with Crippen LogP contribution in [0.4, 0.5) is 0 Å². The smallest absolute Gasteiger partial charge is 0.252 e. The monoisotopic (exact) mass is 412 g/mol. The van der Waals surface area contributed by atoms with Gasteiger partial charge in [-0.1, -0.05) is 6.07 Å². The number of hydrogen-bond acceptors (Lipinski definition) is 6. The molecule has 3 heterocycles. The van der Waals surface area contributed by atoms with Gasteiger partial charge in [-0.2, -0.15) is 0 Å². The van der Waals surface area contributed by atoms with Gasteiger partial charge >= 0.3 is 0 Å². The summed E-state index contributed by atoms with van der Waals surface area (Å²) < 4.78 is 18.9. The first-order chi connectivity index (χ1) is 14.5. The van der Waals surface area contributed by atoms with E-state index in [0.717, 1.165) is 37.4 Å². The minimum Gasteiger partial charge on any atom is -0.483 e. The Hall–Kier alpha value is -1.67. The van der Waals surface area contributed by atoms with Crippen LogP contribution < -0.4 is 10.5 Å². The van der Waals surface area contributed by atoms with Crippen LogP contribution in [0.3, 0.4) is 0 Å². The predicted octanol–water partition coefficient (Wildman–Crippen LogP) is 1.09. The second-order valence-electron chi connectivity index (χ2n) is 10.2. The van der Waals surface area contributed by atoms with Gasteiger partial charge in [-0.25, -0.2) is 0 Å². The first kappa shape index (κ1) is 18.0. The maximum absolute atomic E-state index is 12.4. The molecule has 1 aromatic rings. The topological polar surface area (TPSA) is 94.3 Å². The average Bonchev–Trinajstić information content (AvgIpc) is 3.28. The Bertz CT molecular complexity index is 955. The van der Waals surface area contributed by atoms with E-state index in [0.29, 0.717) is 37.4 Å². The summed E-state index contributed by atoms with van der Waals surface area (Å²) in [6.45, 7) is 3.03. The summed E-state index contributed by atoms with van der Waals surface area (Å²) in [4.78, 5) is 14.8. The fourth-order valence-corrected chi connectivity index (χ4v) is 7.41. The number of benzene rings is 1. The lowest BCUT2D eigenvalue weighted by atomic mass is 9.48. The minimum absolute atomic E-state index is 0.0505. The van der Waals surface area contributed by atoms with Crippen molar-refractivity contribution in [1.29, 1.82) is 0 Å². The highest BCUT2D eigenvalue weighted by Crippen LogP contribution is 2.67. The zero-order valence-electron chi connectivity index (χ0n) is 17.1. The second kappa shape index (κ2) is 5.57. The van der Waals surface area contributed by atoms with E-state index in [9.17, 15) is 9.90 Å². The van der Waals surface area contributed by atoms with Crippen molar-refractivity contribution in [3.63, 3.8) is 0 Å². The Balaban J connectivity index is 1.46. The lowest BCUT2D eigenvalue weighted by molar-refractivity contribution is -0.296. The first-order valence-electron chi connectivity index (χ1n) is 11.4. The van der Waals surface area contributed by atoms with Crippen molar-refractivity contribution >= 4 is 5.91 Å². The number of ether oxygens (including phenoxy) is 3. The third-order valence-corrected chi connectivity index (χ3v) is 8.83. The number of likely N-dealkylation sites (tertiary alicyclic amines) is 1. The molecular formula is C23H28N2O5. The molecule has 6 aliphatic rings. The van der Waals surface area contributed by atoms with Crippen LogP contribution in [0.5, 0.6) is 5.75 Å². The molecule has 3 N–H and O–H groups in total. The van der Waals surface area contributed by atoms with Gasteiger partial charge in [-0.15, -0.1) is 0 Å². The summed E-state index contributed by atoms with van der Waals surface area (Å²) in [5.74, 6) is -0.0402. The largest absolute Gasteiger partial charge is 0.483 e. The normalized spacial score (nSPS) is 40.3. The van der Waals surface area contributed by atoms with E-state index >= 15 is 0 Å². The van der Waals surface area contributed by atoms with E-state index in [-0.39, 0.29) is 6.04 Å². The number of carbonyl (C=O) groups excluding carboxylic acids is 1. The van der Waals surface area contributed by atoms with Crippen LogP contribution in [0.1, 0.15) is 53.6 Å². The molecule has 1 amide bonds. The number of nitrogens with zero attached hydrogens (tertiary/aromatic N) is 1. The highest BCUT2D eigenvalue weighted by Gasteiger charge is 2.77. The van der Waals surface area contributed by atoms with E-state index in [2.05, 4.69) is 4.90 Å². The third kappa shape index (κ3) is 1.94. The maximum Gasteiger partial charge on any atom is 0.252 e. The molecule has 4 atom stereocenters. The van der Waals surface area contributed by atoms with Gasteiger partial charge in [0, 0.05) is 24.6 Å². The van der Waals surface area contributed by atoms with Crippen molar-refractivity contribution in [2.45, 2.75) is 67.5 Å². The van der Waals surface area contributed by atoms with Crippen LogP contribution in [-0.4, -0.2) is 65.8 Å². The molecule has 30 heavy (non-hydrogen) atoms. The number of carbonyl (C=O) groups is 1. The van der Waals surface area contributed by atoms with Gasteiger partial charge in [0.25, 0.3) is 5.91 Å². The first-order valence-corrected chi connectivity index (χ1v) is 11.4. The summed E-state index contributed by atoms with van der Waals surface area (Å²) in [5.41, 5.74) is 6.71. The number of piperidine rings is 1. The van der Waals surface area contributed by atoms with E-state index < -0.39 is 28.8 Å². The number of fused-ring (bicyclic) bond motifs is 1. The summed E-state index contributed by atoms with van der Waals surface area (Å²) >= 11 is 0. The second-order valence-corrected chi connectivity index (χ2v) is 10.2. The molecule has 3 aliphatic heterocycles. The lowest BCUT2D eigenvalue weighted by Gasteiger charge is -2.65. The van der Waals surface area contributed by atoms with Gasteiger partial charge in [0.1, 0.15) is 5.75 Å². The highest BCUT2D eigenvalue weighted by molar-refractivity contribution is 5.97. The van der Waals surface area contributed by atoms with Crippen LogP contribution in [0.15, 0.2) is 12.1 Å². The molecule has 2 bridgehead atoms. The van der Waals surface area contributed by atoms with E-state index in [1.165, 1.54) is 18.4 Å². The molecular weight excluding hydrogens is 384 g/mol. The molecule has 160 valence electrons. The molecule has 7 rings (SSSR count). The number of rotatable bonds is 3. The summed E-state index contributed by atoms with van der Waals surface area (Å²) in [5, 5.41) is 12.4. The van der Waals surface area contributed by atoms with E-state index in [4.69, 9.17) is 19.9 Å². The number of aliphatic hydroxyl groups is 1. The quantitative estimate of drug-likeness (QED) is 0.772. The zero-order chi connectivity index (χ0) is 20.3.